The number of carboxylic acids is 1. The molecule has 0 amide bonds. The lowest BCUT2D eigenvalue weighted by Gasteiger charge is -2.73. The zero-order valence-electron chi connectivity index (χ0n) is 35.6. The number of esters is 1. The Morgan fingerprint density at radius 3 is 2.11 bits per heavy atom. The molecule has 4 N–H and O–H groups in total. The number of ether oxygens (including phenoxy) is 1. The molecule has 0 aromatic heterocycles. The summed E-state index contributed by atoms with van der Waals surface area (Å²) < 4.78 is 30.5. The van der Waals surface area contributed by atoms with Gasteiger partial charge in [-0.05, 0) is 140 Å². The summed E-state index contributed by atoms with van der Waals surface area (Å²) in [6, 6.07) is -0.0113. The van der Waals surface area contributed by atoms with Crippen molar-refractivity contribution < 1.29 is 27.9 Å². The van der Waals surface area contributed by atoms with Crippen LogP contribution in [0.25, 0.3) is 0 Å². The van der Waals surface area contributed by atoms with Gasteiger partial charge in [-0.3, -0.25) is 14.5 Å². The molecular weight excluding hydrogens is 711 g/mol. The number of carbonyl (C=O) groups excluding carboxylic acids is 1. The second-order valence-corrected chi connectivity index (χ2v) is 25.3. The Morgan fingerprint density at radius 2 is 1.47 bits per heavy atom. The Bertz CT molecular complexity index is 1650. The highest BCUT2D eigenvalue weighted by molar-refractivity contribution is 7.91. The highest BCUT2D eigenvalue weighted by atomic mass is 32.2. The molecule has 9 nitrogen and oxygen atoms in total. The maximum Gasteiger partial charge on any atom is 0.309 e. The fraction of sp³-hybridized carbons (Fsp3) is 0.956. The molecule has 0 bridgehead atoms. The van der Waals surface area contributed by atoms with Crippen LogP contribution in [0.3, 0.4) is 0 Å². The number of fused-ring (bicyclic) bond motifs is 7. The number of nitrogens with two attached hydrogens (primary N) is 1. The molecule has 0 radical (unpaired) electrons. The lowest BCUT2D eigenvalue weighted by atomic mass is 9.32. The van der Waals surface area contributed by atoms with Crippen LogP contribution in [0.2, 0.25) is 0 Å². The van der Waals surface area contributed by atoms with Gasteiger partial charge in [0.2, 0.25) is 0 Å². The van der Waals surface area contributed by atoms with Gasteiger partial charge in [0.05, 0.1) is 23.3 Å². The van der Waals surface area contributed by atoms with E-state index in [1.165, 1.54) is 64.2 Å². The summed E-state index contributed by atoms with van der Waals surface area (Å²) in [5.74, 6) is 1.90. The van der Waals surface area contributed by atoms with Crippen LogP contribution >= 0.6 is 0 Å². The van der Waals surface area contributed by atoms with Crippen LogP contribution in [-0.4, -0.2) is 85.7 Å². The zero-order chi connectivity index (χ0) is 39.8. The van der Waals surface area contributed by atoms with Gasteiger partial charge in [0.1, 0.15) is 6.10 Å². The van der Waals surface area contributed by atoms with Crippen molar-refractivity contribution in [2.45, 2.75) is 157 Å². The minimum absolute atomic E-state index is 0.0113. The molecular formula is C45H75N3O6S. The fourth-order valence-corrected chi connectivity index (χ4v) is 17.3. The van der Waals surface area contributed by atoms with E-state index in [9.17, 15) is 23.1 Å². The normalized spacial score (nSPS) is 48.2. The largest absolute Gasteiger partial charge is 0.481 e. The van der Waals surface area contributed by atoms with E-state index in [0.29, 0.717) is 48.6 Å². The molecule has 8 fully saturated rings. The van der Waals surface area contributed by atoms with E-state index >= 15 is 0 Å². The van der Waals surface area contributed by atoms with Crippen LogP contribution in [0.1, 0.15) is 139 Å². The molecule has 1 aliphatic heterocycles. The number of nitrogens with zero attached hydrogens (tertiary/aromatic N) is 1. The SMILES string of the molecule is CC1([C@@H]2CC[C@]3(NC[C@H](N)CN4CCS(=O)(=O)CC4)CC[C@]4(C)[C@H](CC[C@@H]5[C@@]6(C)CC[C@H](OC(=O)[C@H]7C[C@@H](C(=O)O)C7(C)C)C(C)(C)[C@@H]6CC[C@]54C)[C@@H]23)CC1. The predicted molar refractivity (Wildman–Crippen MR) is 216 cm³/mol. The number of hydrogen-bond acceptors (Lipinski definition) is 8. The van der Waals surface area contributed by atoms with Crippen LogP contribution in [0, 0.1) is 73.9 Å². The van der Waals surface area contributed by atoms with Gasteiger partial charge in [0, 0.05) is 43.2 Å². The summed E-state index contributed by atoms with van der Waals surface area (Å²) in [4.78, 5) is 27.7. The molecule has 13 atom stereocenters. The van der Waals surface area contributed by atoms with Gasteiger partial charge in [0.25, 0.3) is 0 Å². The second-order valence-electron chi connectivity index (χ2n) is 23.0. The highest BCUT2D eigenvalue weighted by Gasteiger charge is 2.72. The van der Waals surface area contributed by atoms with Crippen LogP contribution < -0.4 is 11.1 Å². The van der Waals surface area contributed by atoms with Crippen molar-refractivity contribution >= 4 is 21.8 Å². The van der Waals surface area contributed by atoms with E-state index in [4.69, 9.17) is 10.5 Å². The maximum absolute atomic E-state index is 13.6. The number of carboxylic acid groups (broad SMARTS) is 1. The summed E-state index contributed by atoms with van der Waals surface area (Å²) in [6.07, 6.45) is 15.0. The van der Waals surface area contributed by atoms with E-state index in [-0.39, 0.29) is 62.7 Å². The maximum atomic E-state index is 13.6. The summed E-state index contributed by atoms with van der Waals surface area (Å²) in [5, 5.41) is 13.9. The van der Waals surface area contributed by atoms with Crippen LogP contribution in [-0.2, 0) is 24.2 Å². The first kappa shape index (κ1) is 40.5. The number of nitrogens with one attached hydrogen (secondary N) is 1. The van der Waals surface area contributed by atoms with Crippen molar-refractivity contribution in [2.75, 3.05) is 37.7 Å². The first-order chi connectivity index (χ1) is 25.5. The topological polar surface area (TPSA) is 139 Å². The third-order valence-corrected chi connectivity index (χ3v) is 21.7. The van der Waals surface area contributed by atoms with E-state index in [0.717, 1.165) is 31.8 Å². The van der Waals surface area contributed by atoms with Crippen LogP contribution in [0.15, 0.2) is 0 Å². The number of rotatable bonds is 9. The summed E-state index contributed by atoms with van der Waals surface area (Å²) in [6.45, 7) is 21.9. The Labute approximate surface area is 332 Å². The molecule has 8 aliphatic rings. The van der Waals surface area contributed by atoms with E-state index in [1.807, 2.05) is 13.8 Å². The van der Waals surface area contributed by atoms with E-state index in [2.05, 4.69) is 51.8 Å². The standard InChI is InChI=1S/C45H75N3O6S/c1-39(2)31(37(49)50)25-32(39)38(51)54-35-13-14-42(6)33(40(35,3)4)12-15-44(8)34(42)10-9-30-36-29(41(5)17-18-41)11-16-45(36,20-19-43(30,44)7)47-26-28(46)27-48-21-23-55(52,53)24-22-48/h28-36,47H,9-27,46H2,1-8H3,(H,49,50)/t28-,29+,30+,31-,32+,33-,34+,35-,36+,42-,43+,44+,45-/m0/s1. The number of hydrogen-bond donors (Lipinski definition) is 3. The number of sulfone groups is 1. The second kappa shape index (κ2) is 13.1. The molecule has 0 unspecified atom stereocenters. The van der Waals surface area contributed by atoms with Crippen molar-refractivity contribution in [1.82, 2.24) is 10.2 Å². The molecule has 55 heavy (non-hydrogen) atoms. The van der Waals surface area contributed by atoms with Gasteiger partial charge in [-0.1, -0.05) is 55.4 Å². The van der Waals surface area contributed by atoms with Crippen molar-refractivity contribution in [2.24, 2.45) is 79.6 Å². The summed E-state index contributed by atoms with van der Waals surface area (Å²) >= 11 is 0. The average molecular weight is 786 g/mol. The van der Waals surface area contributed by atoms with Gasteiger partial charge in [0.15, 0.2) is 9.84 Å². The van der Waals surface area contributed by atoms with Gasteiger partial charge >= 0.3 is 11.9 Å². The predicted octanol–water partition coefficient (Wildman–Crippen LogP) is 6.93. The van der Waals surface area contributed by atoms with Gasteiger partial charge in [-0.25, -0.2) is 8.42 Å². The quantitative estimate of drug-likeness (QED) is 0.213. The minimum atomic E-state index is -2.90. The molecule has 0 aromatic carbocycles. The lowest BCUT2D eigenvalue weighted by Crippen LogP contribution is -2.69. The third kappa shape index (κ3) is 6.15. The molecule has 8 rings (SSSR count). The average Bonchev–Trinajstić information content (AvgIpc) is 3.71. The Hall–Kier alpha value is -1.23. The lowest BCUT2D eigenvalue weighted by molar-refractivity contribution is -0.249. The molecule has 0 spiro atoms. The van der Waals surface area contributed by atoms with Gasteiger partial charge < -0.3 is 20.9 Å². The van der Waals surface area contributed by atoms with Gasteiger partial charge in [-0.15, -0.1) is 0 Å². The van der Waals surface area contributed by atoms with Crippen molar-refractivity contribution in [1.29, 1.82) is 0 Å². The first-order valence-corrected chi connectivity index (χ1v) is 24.2. The van der Waals surface area contributed by atoms with Crippen LogP contribution in [0.4, 0.5) is 0 Å². The fourth-order valence-electron chi connectivity index (χ4n) is 16.1. The smallest absolute Gasteiger partial charge is 0.309 e. The Kier molecular flexibility index (Phi) is 9.68. The molecule has 1 heterocycles. The van der Waals surface area contributed by atoms with E-state index in [1.54, 1.807) is 0 Å². The van der Waals surface area contributed by atoms with Crippen molar-refractivity contribution in [3.05, 3.63) is 0 Å². The summed E-state index contributed by atoms with van der Waals surface area (Å²) in [5.41, 5.74) is 7.43. The first-order valence-electron chi connectivity index (χ1n) is 22.4. The molecule has 7 saturated carbocycles. The number of aliphatic carboxylic acids is 1. The molecule has 312 valence electrons. The third-order valence-electron chi connectivity index (χ3n) is 20.1. The zero-order valence-corrected chi connectivity index (χ0v) is 36.4. The van der Waals surface area contributed by atoms with Crippen LogP contribution in [0.5, 0.6) is 0 Å². The molecule has 0 aromatic rings. The monoisotopic (exact) mass is 786 g/mol. The van der Waals surface area contributed by atoms with E-state index < -0.39 is 27.1 Å². The summed E-state index contributed by atoms with van der Waals surface area (Å²) in [7, 11) is -2.90. The molecule has 10 heteroatoms. The number of carbonyl (C=O) groups is 2. The minimum Gasteiger partial charge on any atom is -0.481 e. The highest BCUT2D eigenvalue weighted by Crippen LogP contribution is 2.78. The van der Waals surface area contributed by atoms with Crippen molar-refractivity contribution in [3.8, 4) is 0 Å². The Balaban J connectivity index is 0.993. The molecule has 7 aliphatic carbocycles. The van der Waals surface area contributed by atoms with Gasteiger partial charge in [-0.2, -0.15) is 0 Å². The molecule has 1 saturated heterocycles. The van der Waals surface area contributed by atoms with Crippen molar-refractivity contribution in [3.63, 3.8) is 0 Å². The Morgan fingerprint density at radius 1 is 0.782 bits per heavy atom.